The SMILES string of the molecule is CCC(C)C(NS(=O)(=O)c1ccccc1C#N)C(=O)OC. The van der Waals surface area contributed by atoms with Crippen LogP contribution >= 0.6 is 0 Å². The fraction of sp³-hybridized carbons (Fsp3) is 0.429. The van der Waals surface area contributed by atoms with E-state index < -0.39 is 22.0 Å². The lowest BCUT2D eigenvalue weighted by molar-refractivity contribution is -0.143. The topological polar surface area (TPSA) is 96.3 Å². The molecule has 2 unspecified atom stereocenters. The summed E-state index contributed by atoms with van der Waals surface area (Å²) in [4.78, 5) is 11.6. The Labute approximate surface area is 124 Å². The molecule has 0 saturated heterocycles. The Morgan fingerprint density at radius 3 is 2.57 bits per heavy atom. The van der Waals surface area contributed by atoms with Crippen LogP contribution in [0.4, 0.5) is 0 Å². The van der Waals surface area contributed by atoms with Crippen LogP contribution in [0.15, 0.2) is 29.2 Å². The molecule has 114 valence electrons. The van der Waals surface area contributed by atoms with Crippen molar-refractivity contribution in [2.24, 2.45) is 5.92 Å². The molecule has 2 atom stereocenters. The Hall–Kier alpha value is -1.91. The summed E-state index contributed by atoms with van der Waals surface area (Å²) >= 11 is 0. The maximum Gasteiger partial charge on any atom is 0.324 e. The Morgan fingerprint density at radius 2 is 2.05 bits per heavy atom. The number of nitrogens with one attached hydrogen (secondary N) is 1. The molecule has 0 spiro atoms. The molecular formula is C14H18N2O4S. The molecule has 0 saturated carbocycles. The molecule has 1 aromatic rings. The molecule has 6 nitrogen and oxygen atoms in total. The molecule has 1 N–H and O–H groups in total. The van der Waals surface area contributed by atoms with Crippen LogP contribution in [0.5, 0.6) is 0 Å². The van der Waals surface area contributed by atoms with E-state index in [4.69, 9.17) is 5.26 Å². The van der Waals surface area contributed by atoms with Crippen molar-refractivity contribution in [2.75, 3.05) is 7.11 Å². The highest BCUT2D eigenvalue weighted by molar-refractivity contribution is 7.89. The van der Waals surface area contributed by atoms with Gasteiger partial charge in [-0.2, -0.15) is 9.98 Å². The largest absolute Gasteiger partial charge is 0.468 e. The van der Waals surface area contributed by atoms with Crippen molar-refractivity contribution in [3.8, 4) is 6.07 Å². The van der Waals surface area contributed by atoms with E-state index in [0.29, 0.717) is 6.42 Å². The molecule has 1 rings (SSSR count). The molecule has 0 aliphatic rings. The number of sulfonamides is 1. The molecule has 0 radical (unpaired) electrons. The Morgan fingerprint density at radius 1 is 1.43 bits per heavy atom. The van der Waals surface area contributed by atoms with Crippen LogP contribution in [0.2, 0.25) is 0 Å². The monoisotopic (exact) mass is 310 g/mol. The highest BCUT2D eigenvalue weighted by Gasteiger charge is 2.31. The number of methoxy groups -OCH3 is 1. The van der Waals surface area contributed by atoms with E-state index in [9.17, 15) is 13.2 Å². The second-order valence-electron chi connectivity index (χ2n) is 4.62. The Balaban J connectivity index is 3.18. The average molecular weight is 310 g/mol. The molecule has 0 aliphatic carbocycles. The summed E-state index contributed by atoms with van der Waals surface area (Å²) in [7, 11) is -2.78. The quantitative estimate of drug-likeness (QED) is 0.802. The molecule has 0 fully saturated rings. The lowest BCUT2D eigenvalue weighted by Gasteiger charge is -2.21. The van der Waals surface area contributed by atoms with Crippen LogP contribution in [0.25, 0.3) is 0 Å². The van der Waals surface area contributed by atoms with Gasteiger partial charge in [-0.3, -0.25) is 4.79 Å². The number of rotatable bonds is 6. The van der Waals surface area contributed by atoms with Gasteiger partial charge in [-0.25, -0.2) is 8.42 Å². The first kappa shape index (κ1) is 17.1. The van der Waals surface area contributed by atoms with Gasteiger partial charge in [-0.15, -0.1) is 0 Å². The Kier molecular flexibility index (Phi) is 5.88. The number of hydrogen-bond acceptors (Lipinski definition) is 5. The Bertz CT molecular complexity index is 649. The first-order valence-electron chi connectivity index (χ1n) is 6.46. The lowest BCUT2D eigenvalue weighted by Crippen LogP contribution is -2.45. The van der Waals surface area contributed by atoms with Crippen molar-refractivity contribution in [1.29, 1.82) is 5.26 Å². The molecule has 0 heterocycles. The van der Waals surface area contributed by atoms with Gasteiger partial charge in [0.15, 0.2) is 0 Å². The fourth-order valence-electron chi connectivity index (χ4n) is 1.78. The molecule has 0 bridgehead atoms. The summed E-state index contributed by atoms with van der Waals surface area (Å²) < 4.78 is 31.8. The number of esters is 1. The van der Waals surface area contributed by atoms with E-state index >= 15 is 0 Å². The zero-order valence-electron chi connectivity index (χ0n) is 12.2. The van der Waals surface area contributed by atoms with Gasteiger partial charge in [0.2, 0.25) is 10.0 Å². The predicted octanol–water partition coefficient (Wildman–Crippen LogP) is 1.42. The van der Waals surface area contributed by atoms with Crippen molar-refractivity contribution >= 4 is 16.0 Å². The maximum atomic E-state index is 12.4. The lowest BCUT2D eigenvalue weighted by atomic mass is 10.0. The van der Waals surface area contributed by atoms with Crippen molar-refractivity contribution in [3.05, 3.63) is 29.8 Å². The predicted molar refractivity (Wildman–Crippen MR) is 76.7 cm³/mol. The van der Waals surface area contributed by atoms with Gasteiger partial charge in [0, 0.05) is 0 Å². The molecule has 0 aliphatic heterocycles. The van der Waals surface area contributed by atoms with E-state index in [1.807, 2.05) is 13.0 Å². The van der Waals surface area contributed by atoms with Crippen LogP contribution in [0, 0.1) is 17.2 Å². The van der Waals surface area contributed by atoms with Crippen molar-refractivity contribution in [1.82, 2.24) is 4.72 Å². The van der Waals surface area contributed by atoms with E-state index in [-0.39, 0.29) is 16.4 Å². The van der Waals surface area contributed by atoms with E-state index in [1.54, 1.807) is 13.0 Å². The van der Waals surface area contributed by atoms with E-state index in [1.165, 1.54) is 25.3 Å². The van der Waals surface area contributed by atoms with Crippen LogP contribution in [-0.4, -0.2) is 27.5 Å². The second-order valence-corrected chi connectivity index (χ2v) is 6.30. The zero-order valence-corrected chi connectivity index (χ0v) is 13.0. The van der Waals surface area contributed by atoms with Gasteiger partial charge in [0.25, 0.3) is 0 Å². The summed E-state index contributed by atoms with van der Waals surface area (Å²) in [5, 5.41) is 8.99. The average Bonchev–Trinajstić information content (AvgIpc) is 2.51. The summed E-state index contributed by atoms with van der Waals surface area (Å²) in [5.74, 6) is -0.885. The third-order valence-electron chi connectivity index (χ3n) is 3.25. The third kappa shape index (κ3) is 4.03. The summed E-state index contributed by atoms with van der Waals surface area (Å²) in [6.45, 7) is 3.60. The zero-order chi connectivity index (χ0) is 16.0. The second kappa shape index (κ2) is 7.20. The minimum Gasteiger partial charge on any atom is -0.468 e. The molecule has 21 heavy (non-hydrogen) atoms. The number of benzene rings is 1. The maximum absolute atomic E-state index is 12.4. The van der Waals surface area contributed by atoms with E-state index in [2.05, 4.69) is 9.46 Å². The van der Waals surface area contributed by atoms with Crippen LogP contribution < -0.4 is 4.72 Å². The number of ether oxygens (including phenoxy) is 1. The minimum atomic E-state index is -3.99. The normalized spacial score (nSPS) is 14.0. The number of hydrogen-bond donors (Lipinski definition) is 1. The van der Waals surface area contributed by atoms with Crippen molar-refractivity contribution in [3.63, 3.8) is 0 Å². The minimum absolute atomic E-state index is 0.0257. The number of carbonyl (C=O) groups is 1. The third-order valence-corrected chi connectivity index (χ3v) is 4.75. The van der Waals surface area contributed by atoms with Crippen LogP contribution in [0.3, 0.4) is 0 Å². The van der Waals surface area contributed by atoms with Crippen molar-refractivity contribution < 1.29 is 17.9 Å². The molecular weight excluding hydrogens is 292 g/mol. The van der Waals surface area contributed by atoms with Gasteiger partial charge in [-0.1, -0.05) is 32.4 Å². The summed E-state index contributed by atoms with van der Waals surface area (Å²) in [6, 6.07) is 6.66. The molecule has 0 aromatic heterocycles. The van der Waals surface area contributed by atoms with Gasteiger partial charge in [0.05, 0.1) is 17.6 Å². The molecule has 0 amide bonds. The van der Waals surface area contributed by atoms with Gasteiger partial charge in [-0.05, 0) is 18.1 Å². The number of nitrogens with zero attached hydrogens (tertiary/aromatic N) is 1. The van der Waals surface area contributed by atoms with Crippen LogP contribution in [0.1, 0.15) is 25.8 Å². The number of nitriles is 1. The fourth-order valence-corrected chi connectivity index (χ4v) is 3.23. The highest BCUT2D eigenvalue weighted by Crippen LogP contribution is 2.17. The smallest absolute Gasteiger partial charge is 0.324 e. The van der Waals surface area contributed by atoms with Crippen LogP contribution in [-0.2, 0) is 19.6 Å². The van der Waals surface area contributed by atoms with Gasteiger partial charge < -0.3 is 4.74 Å². The van der Waals surface area contributed by atoms with E-state index in [0.717, 1.165) is 0 Å². The summed E-state index contributed by atoms with van der Waals surface area (Å²) in [6.07, 6.45) is 0.599. The number of carbonyl (C=O) groups excluding carboxylic acids is 1. The molecule has 1 aromatic carbocycles. The standard InChI is InChI=1S/C14H18N2O4S/c1-4-10(2)13(14(17)20-3)16-21(18,19)12-8-6-5-7-11(12)9-15/h5-8,10,13,16H,4H2,1-3H3. The van der Waals surface area contributed by atoms with Crippen molar-refractivity contribution in [2.45, 2.75) is 31.2 Å². The molecule has 7 heteroatoms. The van der Waals surface area contributed by atoms with Gasteiger partial charge >= 0.3 is 5.97 Å². The summed E-state index contributed by atoms with van der Waals surface area (Å²) in [5.41, 5.74) is 0.0257. The first-order valence-corrected chi connectivity index (χ1v) is 7.95. The first-order chi connectivity index (χ1) is 9.87. The highest BCUT2D eigenvalue weighted by atomic mass is 32.2. The van der Waals surface area contributed by atoms with Gasteiger partial charge in [0.1, 0.15) is 12.1 Å².